The number of aryl methyl sites for hydroxylation is 3. The SMILES string of the molecule is COCCn1c(C(=O)Nc2cc(C)ccc2C)cc2c1c1ccccc1n2C. The summed E-state index contributed by atoms with van der Waals surface area (Å²) in [6, 6.07) is 16.3. The maximum Gasteiger partial charge on any atom is 0.272 e. The molecule has 0 aliphatic rings. The number of para-hydroxylation sites is 1. The van der Waals surface area contributed by atoms with Crippen molar-refractivity contribution in [1.82, 2.24) is 9.13 Å². The van der Waals surface area contributed by atoms with Crippen LogP contribution in [0.5, 0.6) is 0 Å². The third-order valence-electron chi connectivity index (χ3n) is 5.35. The molecule has 0 bridgehead atoms. The van der Waals surface area contributed by atoms with Gasteiger partial charge >= 0.3 is 0 Å². The summed E-state index contributed by atoms with van der Waals surface area (Å²) < 4.78 is 9.52. The number of anilines is 1. The largest absolute Gasteiger partial charge is 0.383 e. The highest BCUT2D eigenvalue weighted by molar-refractivity contribution is 6.12. The highest BCUT2D eigenvalue weighted by atomic mass is 16.5. The Labute approximate surface area is 164 Å². The van der Waals surface area contributed by atoms with Crippen LogP contribution in [0.2, 0.25) is 0 Å². The fourth-order valence-electron chi connectivity index (χ4n) is 3.83. The summed E-state index contributed by atoms with van der Waals surface area (Å²) in [7, 11) is 3.72. The molecule has 0 atom stereocenters. The Balaban J connectivity index is 1.84. The topological polar surface area (TPSA) is 48.2 Å². The van der Waals surface area contributed by atoms with E-state index in [1.54, 1.807) is 7.11 Å². The number of nitrogens with one attached hydrogen (secondary N) is 1. The van der Waals surface area contributed by atoms with Gasteiger partial charge in [0.25, 0.3) is 5.91 Å². The second-order valence-corrected chi connectivity index (χ2v) is 7.26. The van der Waals surface area contributed by atoms with E-state index >= 15 is 0 Å². The molecule has 2 heterocycles. The highest BCUT2D eigenvalue weighted by Crippen LogP contribution is 2.31. The number of fused-ring (bicyclic) bond motifs is 3. The zero-order valence-corrected chi connectivity index (χ0v) is 16.7. The van der Waals surface area contributed by atoms with Gasteiger partial charge in [0.2, 0.25) is 0 Å². The van der Waals surface area contributed by atoms with Gasteiger partial charge in [-0.15, -0.1) is 0 Å². The van der Waals surface area contributed by atoms with E-state index < -0.39 is 0 Å². The van der Waals surface area contributed by atoms with Crippen molar-refractivity contribution in [3.63, 3.8) is 0 Å². The number of ether oxygens (including phenoxy) is 1. The third-order valence-corrected chi connectivity index (χ3v) is 5.35. The van der Waals surface area contributed by atoms with Crippen molar-refractivity contribution < 1.29 is 9.53 Å². The predicted octanol–water partition coefficient (Wildman–Crippen LogP) is 4.65. The molecule has 5 nitrogen and oxygen atoms in total. The van der Waals surface area contributed by atoms with E-state index in [9.17, 15) is 4.79 Å². The molecule has 0 radical (unpaired) electrons. The first kappa shape index (κ1) is 18.3. The van der Waals surface area contributed by atoms with Crippen LogP contribution < -0.4 is 5.32 Å². The van der Waals surface area contributed by atoms with Gasteiger partial charge < -0.3 is 19.2 Å². The van der Waals surface area contributed by atoms with Gasteiger partial charge in [-0.3, -0.25) is 4.79 Å². The predicted molar refractivity (Wildman–Crippen MR) is 114 cm³/mol. The number of aromatic nitrogens is 2. The van der Waals surface area contributed by atoms with Gasteiger partial charge in [-0.1, -0.05) is 30.3 Å². The van der Waals surface area contributed by atoms with Crippen molar-refractivity contribution >= 4 is 33.5 Å². The van der Waals surface area contributed by atoms with E-state index in [-0.39, 0.29) is 5.91 Å². The van der Waals surface area contributed by atoms with E-state index in [1.807, 2.05) is 57.3 Å². The van der Waals surface area contributed by atoms with Gasteiger partial charge in [-0.25, -0.2) is 0 Å². The molecule has 2 aromatic carbocycles. The van der Waals surface area contributed by atoms with Crippen LogP contribution in [0.4, 0.5) is 5.69 Å². The molecule has 0 saturated heterocycles. The molecule has 0 aliphatic heterocycles. The molecule has 4 aromatic rings. The summed E-state index contributed by atoms with van der Waals surface area (Å²) >= 11 is 0. The fourth-order valence-corrected chi connectivity index (χ4v) is 3.83. The summed E-state index contributed by atoms with van der Waals surface area (Å²) in [5, 5.41) is 4.23. The zero-order valence-electron chi connectivity index (χ0n) is 16.7. The molecule has 28 heavy (non-hydrogen) atoms. The third kappa shape index (κ3) is 2.98. The number of hydrogen-bond donors (Lipinski definition) is 1. The summed E-state index contributed by atoms with van der Waals surface area (Å²) in [4.78, 5) is 13.2. The molecule has 0 aliphatic carbocycles. The maximum absolute atomic E-state index is 13.2. The highest BCUT2D eigenvalue weighted by Gasteiger charge is 2.21. The summed E-state index contributed by atoms with van der Waals surface area (Å²) in [5.41, 5.74) is 6.92. The first-order chi connectivity index (χ1) is 13.5. The van der Waals surface area contributed by atoms with Crippen molar-refractivity contribution in [3.05, 3.63) is 65.4 Å². The molecule has 1 N–H and O–H groups in total. The van der Waals surface area contributed by atoms with Crippen molar-refractivity contribution in [1.29, 1.82) is 0 Å². The number of benzene rings is 2. The minimum absolute atomic E-state index is 0.106. The Morgan fingerprint density at radius 3 is 2.64 bits per heavy atom. The number of amides is 1. The van der Waals surface area contributed by atoms with Gasteiger partial charge in [0.1, 0.15) is 5.69 Å². The molecule has 5 heteroatoms. The lowest BCUT2D eigenvalue weighted by molar-refractivity contribution is 0.101. The zero-order chi connectivity index (χ0) is 19.8. The number of nitrogens with zero attached hydrogens (tertiary/aromatic N) is 2. The number of methoxy groups -OCH3 is 1. The van der Waals surface area contributed by atoms with Crippen LogP contribution in [-0.2, 0) is 18.3 Å². The minimum Gasteiger partial charge on any atom is -0.383 e. The van der Waals surface area contributed by atoms with E-state index in [2.05, 4.69) is 26.6 Å². The van der Waals surface area contributed by atoms with Gasteiger partial charge in [0.05, 0.1) is 23.2 Å². The van der Waals surface area contributed by atoms with E-state index in [0.717, 1.165) is 38.8 Å². The Hall–Kier alpha value is -3.05. The number of rotatable bonds is 5. The van der Waals surface area contributed by atoms with Gasteiger partial charge in [0, 0.05) is 31.8 Å². The van der Waals surface area contributed by atoms with Crippen LogP contribution >= 0.6 is 0 Å². The summed E-state index contributed by atoms with van der Waals surface area (Å²) in [6.07, 6.45) is 0. The molecule has 0 saturated carbocycles. The van der Waals surface area contributed by atoms with E-state index in [4.69, 9.17) is 4.74 Å². The smallest absolute Gasteiger partial charge is 0.272 e. The molecule has 144 valence electrons. The lowest BCUT2D eigenvalue weighted by Crippen LogP contribution is -2.19. The maximum atomic E-state index is 13.2. The van der Waals surface area contributed by atoms with Gasteiger partial charge in [0.15, 0.2) is 0 Å². The van der Waals surface area contributed by atoms with Crippen LogP contribution in [0.3, 0.4) is 0 Å². The van der Waals surface area contributed by atoms with Crippen LogP contribution in [0, 0.1) is 13.8 Å². The minimum atomic E-state index is -0.106. The average molecular weight is 375 g/mol. The second-order valence-electron chi connectivity index (χ2n) is 7.26. The van der Waals surface area contributed by atoms with Crippen molar-refractivity contribution in [2.75, 3.05) is 19.0 Å². The Morgan fingerprint density at radius 2 is 1.86 bits per heavy atom. The number of carbonyl (C=O) groups excluding carboxylic acids is 1. The standard InChI is InChI=1S/C23H25N3O2/c1-15-9-10-16(2)18(13-15)24-23(27)21-14-20-22(26(21)11-12-28-4)17-7-5-6-8-19(17)25(20)3/h5-10,13-14H,11-12H2,1-4H3,(H,24,27). The second kappa shape index (κ2) is 7.17. The molecule has 0 fully saturated rings. The molecule has 0 unspecified atom stereocenters. The number of carbonyl (C=O) groups is 1. The Kier molecular flexibility index (Phi) is 4.69. The lowest BCUT2D eigenvalue weighted by Gasteiger charge is -2.12. The molecule has 2 aromatic heterocycles. The Morgan fingerprint density at radius 1 is 1.07 bits per heavy atom. The number of hydrogen-bond acceptors (Lipinski definition) is 2. The van der Waals surface area contributed by atoms with Crippen LogP contribution in [-0.4, -0.2) is 28.8 Å². The van der Waals surface area contributed by atoms with Crippen LogP contribution in [0.25, 0.3) is 21.9 Å². The fraction of sp³-hybridized carbons (Fsp3) is 0.261. The average Bonchev–Trinajstić information content (AvgIpc) is 3.19. The van der Waals surface area contributed by atoms with Crippen molar-refractivity contribution in [2.24, 2.45) is 7.05 Å². The normalized spacial score (nSPS) is 11.4. The van der Waals surface area contributed by atoms with E-state index in [1.165, 1.54) is 0 Å². The van der Waals surface area contributed by atoms with Gasteiger partial charge in [-0.05, 0) is 43.2 Å². The van der Waals surface area contributed by atoms with Crippen LogP contribution in [0.15, 0.2) is 48.5 Å². The molecule has 1 amide bonds. The van der Waals surface area contributed by atoms with Crippen molar-refractivity contribution in [2.45, 2.75) is 20.4 Å². The van der Waals surface area contributed by atoms with Crippen LogP contribution in [0.1, 0.15) is 21.6 Å². The first-order valence-electron chi connectivity index (χ1n) is 9.45. The van der Waals surface area contributed by atoms with Crippen molar-refractivity contribution in [3.8, 4) is 0 Å². The molecular formula is C23H25N3O2. The first-order valence-corrected chi connectivity index (χ1v) is 9.45. The Bertz CT molecular complexity index is 1180. The molecule has 4 rings (SSSR count). The molecular weight excluding hydrogens is 350 g/mol. The van der Waals surface area contributed by atoms with Gasteiger partial charge in [-0.2, -0.15) is 0 Å². The molecule has 0 spiro atoms. The summed E-state index contributed by atoms with van der Waals surface area (Å²) in [5.74, 6) is -0.106. The monoisotopic (exact) mass is 375 g/mol. The summed E-state index contributed by atoms with van der Waals surface area (Å²) in [6.45, 7) is 5.18. The van der Waals surface area contributed by atoms with E-state index in [0.29, 0.717) is 18.8 Å². The lowest BCUT2D eigenvalue weighted by atomic mass is 10.1. The quantitative estimate of drug-likeness (QED) is 0.552.